The van der Waals surface area contributed by atoms with E-state index in [-0.39, 0.29) is 0 Å². The Labute approximate surface area is 157 Å². The van der Waals surface area contributed by atoms with Crippen molar-refractivity contribution >= 4 is 17.5 Å². The van der Waals surface area contributed by atoms with E-state index in [2.05, 4.69) is 73.1 Å². The number of aliphatic imine (C=N–C) groups is 1. The molecular formula is C25H27N. The maximum atomic E-state index is 4.69. The van der Waals surface area contributed by atoms with Crippen molar-refractivity contribution in [1.29, 1.82) is 0 Å². The van der Waals surface area contributed by atoms with Gasteiger partial charge < -0.3 is 0 Å². The minimum atomic E-state index is 0.797. The van der Waals surface area contributed by atoms with Gasteiger partial charge in [-0.1, -0.05) is 98.8 Å². The summed E-state index contributed by atoms with van der Waals surface area (Å²) in [6.45, 7) is 10.3. The van der Waals surface area contributed by atoms with Crippen molar-refractivity contribution in [2.24, 2.45) is 4.99 Å². The maximum absolute atomic E-state index is 4.69. The molecule has 0 aliphatic heterocycles. The first-order chi connectivity index (χ1) is 12.7. The molecule has 0 atom stereocenters. The van der Waals surface area contributed by atoms with Crippen LogP contribution in [0.3, 0.4) is 0 Å². The van der Waals surface area contributed by atoms with Crippen molar-refractivity contribution in [3.05, 3.63) is 108 Å². The van der Waals surface area contributed by atoms with Crippen molar-refractivity contribution in [2.75, 3.05) is 0 Å². The number of nitrogens with zero attached hydrogens (tertiary/aromatic N) is 1. The van der Waals surface area contributed by atoms with Crippen LogP contribution in [0.4, 0.5) is 5.69 Å². The highest BCUT2D eigenvalue weighted by atomic mass is 14.7. The fraction of sp³-hybridized carbons (Fsp3) is 0.160. The molecule has 0 radical (unpaired) electrons. The van der Waals surface area contributed by atoms with Gasteiger partial charge >= 0.3 is 0 Å². The van der Waals surface area contributed by atoms with Gasteiger partial charge in [-0.15, -0.1) is 0 Å². The highest BCUT2D eigenvalue weighted by molar-refractivity contribution is 5.82. The number of hydrogen-bond acceptors (Lipinski definition) is 1. The lowest BCUT2D eigenvalue weighted by Gasteiger charge is -2.08. The topological polar surface area (TPSA) is 12.4 Å². The molecule has 0 aromatic heterocycles. The molecular weight excluding hydrogens is 314 g/mol. The molecule has 3 rings (SSSR count). The molecule has 0 N–H and O–H groups in total. The van der Waals surface area contributed by atoms with E-state index >= 15 is 0 Å². The molecule has 0 bridgehead atoms. The Hall–Kier alpha value is -2.93. The Morgan fingerprint density at radius 3 is 2.15 bits per heavy atom. The summed E-state index contributed by atoms with van der Waals surface area (Å²) in [4.78, 5) is 4.69. The third-order valence-corrected chi connectivity index (χ3v) is 4.01. The van der Waals surface area contributed by atoms with Crippen molar-refractivity contribution in [2.45, 2.75) is 27.2 Å². The lowest BCUT2D eigenvalue weighted by atomic mass is 9.99. The molecule has 0 heterocycles. The first-order valence-corrected chi connectivity index (χ1v) is 9.14. The molecule has 0 aliphatic carbocycles. The smallest absolute Gasteiger partial charge is 0.0665 e. The summed E-state index contributed by atoms with van der Waals surface area (Å²) in [7, 11) is 0. The van der Waals surface area contributed by atoms with Crippen LogP contribution in [0.25, 0.3) is 5.57 Å². The zero-order chi connectivity index (χ0) is 18.8. The van der Waals surface area contributed by atoms with Crippen molar-refractivity contribution < 1.29 is 0 Å². The predicted octanol–water partition coefficient (Wildman–Crippen LogP) is 7.03. The van der Waals surface area contributed by atoms with E-state index in [4.69, 9.17) is 0 Å². The van der Waals surface area contributed by atoms with Gasteiger partial charge in [0.05, 0.1) is 5.69 Å². The van der Waals surface area contributed by atoms with Crippen LogP contribution in [0.2, 0.25) is 0 Å². The van der Waals surface area contributed by atoms with Gasteiger partial charge in [0.25, 0.3) is 0 Å². The fourth-order valence-corrected chi connectivity index (χ4v) is 2.59. The van der Waals surface area contributed by atoms with Crippen molar-refractivity contribution in [3.63, 3.8) is 0 Å². The van der Waals surface area contributed by atoms with E-state index < -0.39 is 0 Å². The number of allylic oxidation sites excluding steroid dienone is 1. The summed E-state index contributed by atoms with van der Waals surface area (Å²) in [5.41, 5.74) is 6.83. The average Bonchev–Trinajstić information content (AvgIpc) is 2.71. The summed E-state index contributed by atoms with van der Waals surface area (Å²) >= 11 is 0. The third kappa shape index (κ3) is 5.56. The number of rotatable bonds is 5. The summed E-state index contributed by atoms with van der Waals surface area (Å²) in [6, 6.07) is 26.9. The van der Waals surface area contributed by atoms with Crippen LogP contribution < -0.4 is 0 Å². The Balaban J connectivity index is 0.00000117. The van der Waals surface area contributed by atoms with Crippen LogP contribution in [0.15, 0.2) is 90.4 Å². The summed E-state index contributed by atoms with van der Waals surface area (Å²) in [5, 5.41) is 0. The Morgan fingerprint density at radius 2 is 1.46 bits per heavy atom. The van der Waals surface area contributed by atoms with E-state index in [9.17, 15) is 0 Å². The largest absolute Gasteiger partial charge is 0.256 e. The Kier molecular flexibility index (Phi) is 7.57. The lowest BCUT2D eigenvalue weighted by Crippen LogP contribution is -1.90. The van der Waals surface area contributed by atoms with Crippen LogP contribution in [-0.4, -0.2) is 6.21 Å². The van der Waals surface area contributed by atoms with E-state index in [1.54, 1.807) is 0 Å². The zero-order valence-electron chi connectivity index (χ0n) is 15.9. The van der Waals surface area contributed by atoms with Gasteiger partial charge in [-0.3, -0.25) is 4.99 Å². The molecule has 1 nitrogen and oxygen atoms in total. The van der Waals surface area contributed by atoms with E-state index in [0.29, 0.717) is 0 Å². The minimum absolute atomic E-state index is 0.797. The Morgan fingerprint density at radius 1 is 0.846 bits per heavy atom. The fourth-order valence-electron chi connectivity index (χ4n) is 2.59. The summed E-state index contributed by atoms with van der Waals surface area (Å²) < 4.78 is 0. The average molecular weight is 341 g/mol. The van der Waals surface area contributed by atoms with Gasteiger partial charge in [0.15, 0.2) is 0 Å². The van der Waals surface area contributed by atoms with E-state index in [1.807, 2.05) is 44.3 Å². The van der Waals surface area contributed by atoms with Crippen LogP contribution in [0, 0.1) is 6.92 Å². The highest BCUT2D eigenvalue weighted by Crippen LogP contribution is 2.25. The molecule has 0 unspecified atom stereocenters. The SMILES string of the molecule is C=C(Cc1ccccc1N=Cc1ccc(C)cc1)c1ccccc1.CC. The first kappa shape index (κ1) is 19.4. The number of hydrogen-bond donors (Lipinski definition) is 0. The predicted molar refractivity (Wildman–Crippen MR) is 115 cm³/mol. The molecule has 0 saturated carbocycles. The van der Waals surface area contributed by atoms with Crippen LogP contribution in [-0.2, 0) is 6.42 Å². The quantitative estimate of drug-likeness (QED) is 0.442. The van der Waals surface area contributed by atoms with Gasteiger partial charge in [-0.2, -0.15) is 0 Å². The third-order valence-electron chi connectivity index (χ3n) is 4.01. The molecule has 0 saturated heterocycles. The standard InChI is InChI=1S/C23H21N.C2H6/c1-18-12-14-20(15-13-18)17-24-23-11-7-6-10-22(23)16-19(2)21-8-4-3-5-9-21;1-2/h3-15,17H,2,16H2,1H3;1-2H3. The first-order valence-electron chi connectivity index (χ1n) is 9.14. The summed E-state index contributed by atoms with van der Waals surface area (Å²) in [5.74, 6) is 0. The van der Waals surface area contributed by atoms with Crippen LogP contribution in [0.5, 0.6) is 0 Å². The van der Waals surface area contributed by atoms with Gasteiger partial charge in [-0.05, 0) is 41.7 Å². The van der Waals surface area contributed by atoms with Gasteiger partial charge in [0.1, 0.15) is 0 Å². The molecule has 1 heteroatoms. The lowest BCUT2D eigenvalue weighted by molar-refractivity contribution is 1.27. The van der Waals surface area contributed by atoms with Crippen molar-refractivity contribution in [1.82, 2.24) is 0 Å². The monoisotopic (exact) mass is 341 g/mol. The van der Waals surface area contributed by atoms with Crippen molar-refractivity contribution in [3.8, 4) is 0 Å². The second-order valence-corrected chi connectivity index (χ2v) is 5.94. The summed E-state index contributed by atoms with van der Waals surface area (Å²) in [6.07, 6.45) is 2.72. The van der Waals surface area contributed by atoms with Gasteiger partial charge in [0, 0.05) is 6.21 Å². The minimum Gasteiger partial charge on any atom is -0.256 e. The number of para-hydroxylation sites is 1. The highest BCUT2D eigenvalue weighted by Gasteiger charge is 2.04. The molecule has 3 aromatic rings. The molecule has 0 fully saturated rings. The zero-order valence-corrected chi connectivity index (χ0v) is 15.9. The molecule has 0 aliphatic rings. The molecule has 0 spiro atoms. The van der Waals surface area contributed by atoms with Gasteiger partial charge in [0.2, 0.25) is 0 Å². The van der Waals surface area contributed by atoms with E-state index in [1.165, 1.54) is 16.7 Å². The molecule has 0 amide bonds. The van der Waals surface area contributed by atoms with Crippen LogP contribution in [0.1, 0.15) is 36.1 Å². The second-order valence-electron chi connectivity index (χ2n) is 5.94. The molecule has 132 valence electrons. The second kappa shape index (κ2) is 10.1. The van der Waals surface area contributed by atoms with E-state index in [0.717, 1.165) is 23.2 Å². The number of benzene rings is 3. The maximum Gasteiger partial charge on any atom is 0.0665 e. The van der Waals surface area contributed by atoms with Crippen LogP contribution >= 0.6 is 0 Å². The molecule has 26 heavy (non-hydrogen) atoms. The Bertz CT molecular complexity index is 843. The number of aryl methyl sites for hydroxylation is 1. The normalized spacial score (nSPS) is 10.3. The molecule has 3 aromatic carbocycles. The van der Waals surface area contributed by atoms with Gasteiger partial charge in [-0.25, -0.2) is 0 Å².